The first-order chi connectivity index (χ1) is 6.17. The van der Waals surface area contributed by atoms with E-state index in [9.17, 15) is 0 Å². The van der Waals surface area contributed by atoms with Crippen LogP contribution < -0.4 is 0 Å². The molecule has 0 radical (unpaired) electrons. The average Bonchev–Trinajstić information content (AvgIpc) is 2.25. The number of hydrogen-bond donors (Lipinski definition) is 1. The molecule has 13 heavy (non-hydrogen) atoms. The summed E-state index contributed by atoms with van der Waals surface area (Å²) in [6.07, 6.45) is 3.21. The van der Waals surface area contributed by atoms with Crippen LogP contribution in [0.5, 0.6) is 0 Å². The maximum atomic E-state index is 7.21. The molecular weight excluding hydrogens is 162 g/mol. The third-order valence-corrected chi connectivity index (χ3v) is 2.26. The van der Waals surface area contributed by atoms with Gasteiger partial charge in [0.05, 0.1) is 17.5 Å². The van der Waals surface area contributed by atoms with Crippen molar-refractivity contribution in [3.05, 3.63) is 0 Å². The molecule has 0 saturated heterocycles. The van der Waals surface area contributed by atoms with Crippen molar-refractivity contribution in [2.75, 3.05) is 0 Å². The average molecular weight is 179 g/mol. The van der Waals surface area contributed by atoms with Crippen LogP contribution in [0.3, 0.4) is 0 Å². The van der Waals surface area contributed by atoms with E-state index in [1.165, 1.54) is 6.21 Å². The summed E-state index contributed by atoms with van der Waals surface area (Å²) in [7, 11) is 0. The SMILES string of the molecule is CCC1=NC(C)CC(C=N)N=C1C. The van der Waals surface area contributed by atoms with Gasteiger partial charge in [-0.15, -0.1) is 0 Å². The van der Waals surface area contributed by atoms with E-state index in [0.717, 1.165) is 24.3 Å². The first kappa shape index (κ1) is 10.1. The van der Waals surface area contributed by atoms with Gasteiger partial charge in [0.2, 0.25) is 0 Å². The van der Waals surface area contributed by atoms with Crippen molar-refractivity contribution in [1.82, 2.24) is 0 Å². The summed E-state index contributed by atoms with van der Waals surface area (Å²) in [5, 5.41) is 7.21. The Morgan fingerprint density at radius 2 is 2.23 bits per heavy atom. The number of nitrogens with one attached hydrogen (secondary N) is 1. The van der Waals surface area contributed by atoms with E-state index in [1.807, 2.05) is 6.92 Å². The Kier molecular flexibility index (Phi) is 3.34. The van der Waals surface area contributed by atoms with Gasteiger partial charge in [-0.1, -0.05) is 6.92 Å². The van der Waals surface area contributed by atoms with Gasteiger partial charge in [0.15, 0.2) is 0 Å². The van der Waals surface area contributed by atoms with Crippen LogP contribution in [-0.4, -0.2) is 29.7 Å². The van der Waals surface area contributed by atoms with Gasteiger partial charge in [-0.3, -0.25) is 9.98 Å². The minimum absolute atomic E-state index is 0.0304. The van der Waals surface area contributed by atoms with Crippen LogP contribution in [0.1, 0.15) is 33.6 Å². The van der Waals surface area contributed by atoms with Crippen molar-refractivity contribution in [3.8, 4) is 0 Å². The quantitative estimate of drug-likeness (QED) is 0.631. The molecule has 3 nitrogen and oxygen atoms in total. The van der Waals surface area contributed by atoms with E-state index in [0.29, 0.717) is 6.04 Å². The molecule has 1 aliphatic rings. The first-order valence-electron chi connectivity index (χ1n) is 4.79. The highest BCUT2D eigenvalue weighted by atomic mass is 14.9. The lowest BCUT2D eigenvalue weighted by molar-refractivity contribution is 0.645. The zero-order chi connectivity index (χ0) is 9.84. The molecule has 1 rings (SSSR count). The molecular formula is C10H17N3. The summed E-state index contributed by atoms with van der Waals surface area (Å²) in [5.41, 5.74) is 2.09. The van der Waals surface area contributed by atoms with Crippen molar-refractivity contribution >= 4 is 17.6 Å². The molecule has 0 spiro atoms. The maximum absolute atomic E-state index is 7.21. The Balaban J connectivity index is 2.91. The normalized spacial score (nSPS) is 28.8. The van der Waals surface area contributed by atoms with E-state index in [4.69, 9.17) is 5.41 Å². The Labute approximate surface area is 79.5 Å². The first-order valence-corrected chi connectivity index (χ1v) is 4.79. The standard InChI is InChI=1S/C10H17N3/c1-4-10-8(3)13-9(6-11)5-7(2)12-10/h6-7,9,11H,4-5H2,1-3H3. The van der Waals surface area contributed by atoms with Crippen LogP contribution in [0.15, 0.2) is 9.98 Å². The monoisotopic (exact) mass is 179 g/mol. The Hall–Kier alpha value is -0.990. The van der Waals surface area contributed by atoms with Crippen LogP contribution in [0.2, 0.25) is 0 Å². The lowest BCUT2D eigenvalue weighted by Crippen LogP contribution is -2.12. The van der Waals surface area contributed by atoms with Gasteiger partial charge < -0.3 is 5.41 Å². The largest absolute Gasteiger partial charge is 0.311 e. The van der Waals surface area contributed by atoms with Crippen LogP contribution in [0.4, 0.5) is 0 Å². The lowest BCUT2D eigenvalue weighted by atomic mass is 10.1. The fraction of sp³-hybridized carbons (Fsp3) is 0.700. The van der Waals surface area contributed by atoms with Crippen LogP contribution in [0, 0.1) is 5.41 Å². The molecule has 0 amide bonds. The minimum atomic E-state index is 0.0304. The molecule has 0 aromatic heterocycles. The van der Waals surface area contributed by atoms with Gasteiger partial charge in [-0.25, -0.2) is 0 Å². The summed E-state index contributed by atoms with van der Waals surface area (Å²) in [5.74, 6) is 0. The number of hydrogen-bond acceptors (Lipinski definition) is 3. The summed E-state index contributed by atoms with van der Waals surface area (Å²) in [4.78, 5) is 9.00. The van der Waals surface area contributed by atoms with Gasteiger partial charge in [0.25, 0.3) is 0 Å². The predicted molar refractivity (Wildman–Crippen MR) is 57.5 cm³/mol. The van der Waals surface area contributed by atoms with Crippen molar-refractivity contribution < 1.29 is 0 Å². The highest BCUT2D eigenvalue weighted by Crippen LogP contribution is 2.11. The van der Waals surface area contributed by atoms with Crippen molar-refractivity contribution in [2.45, 2.75) is 45.7 Å². The smallest absolute Gasteiger partial charge is 0.0867 e. The summed E-state index contributed by atoms with van der Waals surface area (Å²) >= 11 is 0. The van der Waals surface area contributed by atoms with Crippen molar-refractivity contribution in [3.63, 3.8) is 0 Å². The lowest BCUT2D eigenvalue weighted by Gasteiger charge is -2.06. The van der Waals surface area contributed by atoms with Gasteiger partial charge in [-0.2, -0.15) is 0 Å². The molecule has 2 atom stereocenters. The van der Waals surface area contributed by atoms with E-state index < -0.39 is 0 Å². The van der Waals surface area contributed by atoms with E-state index >= 15 is 0 Å². The topological polar surface area (TPSA) is 48.6 Å². The molecule has 0 aromatic rings. The highest BCUT2D eigenvalue weighted by molar-refractivity contribution is 6.41. The molecule has 0 aromatic carbocycles. The van der Waals surface area contributed by atoms with Crippen LogP contribution in [0.25, 0.3) is 0 Å². The van der Waals surface area contributed by atoms with Gasteiger partial charge in [0.1, 0.15) is 0 Å². The van der Waals surface area contributed by atoms with Gasteiger partial charge in [-0.05, 0) is 26.7 Å². The van der Waals surface area contributed by atoms with E-state index in [2.05, 4.69) is 23.8 Å². The molecule has 1 aliphatic heterocycles. The van der Waals surface area contributed by atoms with Crippen LogP contribution in [-0.2, 0) is 0 Å². The molecule has 1 heterocycles. The predicted octanol–water partition coefficient (Wildman–Crippen LogP) is 2.11. The molecule has 1 N–H and O–H groups in total. The Morgan fingerprint density at radius 1 is 1.54 bits per heavy atom. The molecule has 0 aliphatic carbocycles. The second kappa shape index (κ2) is 4.30. The molecule has 72 valence electrons. The Morgan fingerprint density at radius 3 is 2.77 bits per heavy atom. The minimum Gasteiger partial charge on any atom is -0.311 e. The number of aliphatic imine (C=N–C) groups is 2. The maximum Gasteiger partial charge on any atom is 0.0867 e. The third-order valence-electron chi connectivity index (χ3n) is 2.26. The highest BCUT2D eigenvalue weighted by Gasteiger charge is 2.15. The van der Waals surface area contributed by atoms with Crippen molar-refractivity contribution in [1.29, 1.82) is 5.41 Å². The summed E-state index contributed by atoms with van der Waals surface area (Å²) in [6.45, 7) is 6.16. The number of nitrogens with zero attached hydrogens (tertiary/aromatic N) is 2. The summed E-state index contributed by atoms with van der Waals surface area (Å²) < 4.78 is 0. The van der Waals surface area contributed by atoms with Gasteiger partial charge >= 0.3 is 0 Å². The van der Waals surface area contributed by atoms with Crippen molar-refractivity contribution in [2.24, 2.45) is 9.98 Å². The molecule has 0 bridgehead atoms. The molecule has 2 unspecified atom stereocenters. The van der Waals surface area contributed by atoms with Crippen LogP contribution >= 0.6 is 0 Å². The van der Waals surface area contributed by atoms with Gasteiger partial charge in [0, 0.05) is 12.3 Å². The summed E-state index contributed by atoms with van der Waals surface area (Å²) in [6, 6.07) is 0.325. The molecule has 3 heteroatoms. The second-order valence-electron chi connectivity index (χ2n) is 3.46. The molecule has 0 fully saturated rings. The third kappa shape index (κ3) is 2.47. The van der Waals surface area contributed by atoms with E-state index in [1.54, 1.807) is 0 Å². The fourth-order valence-electron chi connectivity index (χ4n) is 1.59. The Bertz CT molecular complexity index is 253. The molecule has 0 saturated carbocycles. The second-order valence-corrected chi connectivity index (χ2v) is 3.46. The zero-order valence-electron chi connectivity index (χ0n) is 8.54. The van der Waals surface area contributed by atoms with E-state index in [-0.39, 0.29) is 6.04 Å². The zero-order valence-corrected chi connectivity index (χ0v) is 8.54. The number of rotatable bonds is 2. The fourth-order valence-corrected chi connectivity index (χ4v) is 1.59.